The Morgan fingerprint density at radius 3 is 2.64 bits per heavy atom. The molecule has 11 heavy (non-hydrogen) atoms. The predicted octanol–water partition coefficient (Wildman–Crippen LogP) is 0.0557. The molecule has 0 spiro atoms. The van der Waals surface area contributed by atoms with E-state index in [0.29, 0.717) is 0 Å². The van der Waals surface area contributed by atoms with Gasteiger partial charge in [-0.05, 0) is 6.92 Å². The molecule has 0 saturated carbocycles. The molecule has 0 atom stereocenters. The lowest BCUT2D eigenvalue weighted by Gasteiger charge is -2.03. The van der Waals surface area contributed by atoms with E-state index in [1.165, 1.54) is 5.56 Å². The van der Waals surface area contributed by atoms with Gasteiger partial charge in [-0.25, -0.2) is 0 Å². The Bertz CT molecular complexity index is 296. The third-order valence-corrected chi connectivity index (χ3v) is 3.40. The van der Waals surface area contributed by atoms with E-state index in [4.69, 9.17) is 0 Å². The highest BCUT2D eigenvalue weighted by Gasteiger charge is 2.04. The van der Waals surface area contributed by atoms with Gasteiger partial charge in [0.15, 0.2) is 0 Å². The van der Waals surface area contributed by atoms with Gasteiger partial charge in [-0.2, -0.15) is 0 Å². The molecule has 3 heteroatoms. The lowest BCUT2D eigenvalue weighted by atomic mass is 10.1. The predicted molar refractivity (Wildman–Crippen MR) is 54.1 cm³/mol. The van der Waals surface area contributed by atoms with Gasteiger partial charge in [-0.15, -0.1) is 12.6 Å². The van der Waals surface area contributed by atoms with Crippen LogP contribution in [-0.2, 0) is 0 Å². The fourth-order valence-corrected chi connectivity index (χ4v) is 2.00. The number of benzene rings is 1. The van der Waals surface area contributed by atoms with Crippen molar-refractivity contribution < 1.29 is 4.79 Å². The second kappa shape index (κ2) is 3.24. The minimum absolute atomic E-state index is 0.126. The summed E-state index contributed by atoms with van der Waals surface area (Å²) >= 11 is 3.79. The summed E-state index contributed by atoms with van der Waals surface area (Å²) in [6.07, 6.45) is 0. The number of hydrogen-bond donors (Lipinski definition) is 1. The molecule has 0 heterocycles. The molecule has 0 N–H and O–H groups in total. The van der Waals surface area contributed by atoms with E-state index in [0.717, 1.165) is 21.0 Å². The molecule has 1 rings (SSSR count). The van der Waals surface area contributed by atoms with E-state index in [1.54, 1.807) is 0 Å². The summed E-state index contributed by atoms with van der Waals surface area (Å²) in [5, 5.41) is 1.03. The normalized spacial score (nSPS) is 10.0. The zero-order chi connectivity index (χ0) is 8.43. The highest BCUT2D eigenvalue weighted by atomic mass is 32.1. The second-order valence-corrected chi connectivity index (χ2v) is 3.96. The van der Waals surface area contributed by atoms with E-state index in [2.05, 4.69) is 12.6 Å². The third kappa shape index (κ3) is 1.73. The first-order valence-electron chi connectivity index (χ1n) is 3.42. The van der Waals surface area contributed by atoms with Crippen LogP contribution in [0.2, 0.25) is 0 Å². The summed E-state index contributed by atoms with van der Waals surface area (Å²) in [6.45, 7) is 2.02. The van der Waals surface area contributed by atoms with Gasteiger partial charge >= 0.3 is 0 Å². The Balaban J connectivity index is 3.27. The number of hydrogen-bond acceptors (Lipinski definition) is 1. The Hall–Kier alpha value is -0.543. The van der Waals surface area contributed by atoms with E-state index in [9.17, 15) is 4.79 Å². The largest absolute Gasteiger partial charge is 0.282 e. The quantitative estimate of drug-likeness (QED) is 0.480. The van der Waals surface area contributed by atoms with Crippen LogP contribution in [0.25, 0.3) is 0 Å². The minimum atomic E-state index is -0.126. The van der Waals surface area contributed by atoms with Crippen molar-refractivity contribution in [3.8, 4) is 0 Å². The first kappa shape index (κ1) is 8.55. The molecule has 0 amide bonds. The molecule has 1 nitrogen and oxygen atoms in total. The topological polar surface area (TPSA) is 17.1 Å². The molecule has 0 bridgehead atoms. The van der Waals surface area contributed by atoms with Crippen molar-refractivity contribution in [2.75, 3.05) is 0 Å². The third-order valence-electron chi connectivity index (χ3n) is 1.84. The van der Waals surface area contributed by atoms with E-state index >= 15 is 0 Å². The van der Waals surface area contributed by atoms with Crippen LogP contribution in [0.1, 0.15) is 15.9 Å². The van der Waals surface area contributed by atoms with Crippen LogP contribution < -0.4 is 5.19 Å². The summed E-state index contributed by atoms with van der Waals surface area (Å²) in [5.41, 5.74) is 1.96. The summed E-state index contributed by atoms with van der Waals surface area (Å²) in [4.78, 5) is 10.9. The van der Waals surface area contributed by atoms with E-state index in [1.807, 2.05) is 25.1 Å². The molecule has 0 saturated heterocycles. The van der Waals surface area contributed by atoms with Crippen LogP contribution in [0.15, 0.2) is 18.2 Å². The molecular weight excluding hydrogens is 172 g/mol. The SMILES string of the molecule is Cc1cccc(C(=O)S)c1[SiH3]. The van der Waals surface area contributed by atoms with Crippen LogP contribution >= 0.6 is 12.6 Å². The van der Waals surface area contributed by atoms with Crippen molar-refractivity contribution in [2.45, 2.75) is 6.92 Å². The van der Waals surface area contributed by atoms with Gasteiger partial charge in [-0.1, -0.05) is 28.9 Å². The zero-order valence-electron chi connectivity index (χ0n) is 6.59. The average molecular weight is 182 g/mol. The zero-order valence-corrected chi connectivity index (χ0v) is 9.48. The van der Waals surface area contributed by atoms with Crippen molar-refractivity contribution in [3.63, 3.8) is 0 Å². The van der Waals surface area contributed by atoms with Crippen LogP contribution in [0.5, 0.6) is 0 Å². The first-order valence-corrected chi connectivity index (χ1v) is 4.87. The standard InChI is InChI=1S/C8H10OSSi/c1-5-3-2-4-6(7(5)11)8(9)10/h2-4H,1,11H3,(H,9,10). The van der Waals surface area contributed by atoms with Crippen molar-refractivity contribution >= 4 is 33.2 Å². The van der Waals surface area contributed by atoms with Crippen molar-refractivity contribution in [3.05, 3.63) is 29.3 Å². The van der Waals surface area contributed by atoms with Crippen molar-refractivity contribution in [1.29, 1.82) is 0 Å². The highest BCUT2D eigenvalue weighted by molar-refractivity contribution is 7.97. The molecule has 1 aromatic rings. The molecule has 0 unspecified atom stereocenters. The molecule has 0 radical (unpaired) electrons. The Labute approximate surface area is 74.6 Å². The summed E-state index contributed by atoms with van der Waals surface area (Å²) in [6, 6.07) is 5.73. The minimum Gasteiger partial charge on any atom is -0.282 e. The van der Waals surface area contributed by atoms with Gasteiger partial charge in [0.25, 0.3) is 0 Å². The van der Waals surface area contributed by atoms with Gasteiger partial charge in [-0.3, -0.25) is 4.79 Å². The molecule has 58 valence electrons. The summed E-state index contributed by atoms with van der Waals surface area (Å²) in [7, 11) is 0.906. The fourth-order valence-electron chi connectivity index (χ4n) is 0.983. The van der Waals surface area contributed by atoms with Crippen molar-refractivity contribution in [1.82, 2.24) is 0 Å². The van der Waals surface area contributed by atoms with Crippen LogP contribution in [0.3, 0.4) is 0 Å². The Kier molecular flexibility index (Phi) is 2.52. The number of carbonyl (C=O) groups excluding carboxylic acids is 1. The number of carbonyl (C=O) groups is 1. The van der Waals surface area contributed by atoms with Crippen molar-refractivity contribution in [2.24, 2.45) is 0 Å². The maximum Gasteiger partial charge on any atom is 0.216 e. The molecule has 0 fully saturated rings. The molecule has 0 aliphatic heterocycles. The first-order chi connectivity index (χ1) is 5.13. The lowest BCUT2D eigenvalue weighted by Crippen LogP contribution is -2.15. The van der Waals surface area contributed by atoms with Gasteiger partial charge in [0.05, 0.1) is 0 Å². The average Bonchev–Trinajstić information content (AvgIpc) is 1.94. The Morgan fingerprint density at radius 2 is 2.18 bits per heavy atom. The smallest absolute Gasteiger partial charge is 0.216 e. The fraction of sp³-hybridized carbons (Fsp3) is 0.125. The second-order valence-electron chi connectivity index (χ2n) is 2.55. The maximum atomic E-state index is 10.9. The molecular formula is C8H10OSSi. The molecule has 1 aromatic carbocycles. The highest BCUT2D eigenvalue weighted by Crippen LogP contribution is 2.02. The summed E-state index contributed by atoms with van der Waals surface area (Å²) in [5.74, 6) is 0. The number of rotatable bonds is 1. The van der Waals surface area contributed by atoms with E-state index < -0.39 is 0 Å². The molecule has 0 aromatic heterocycles. The van der Waals surface area contributed by atoms with Gasteiger partial charge in [0, 0.05) is 15.8 Å². The van der Waals surface area contributed by atoms with Crippen LogP contribution in [0.4, 0.5) is 0 Å². The van der Waals surface area contributed by atoms with Crippen LogP contribution in [0, 0.1) is 6.92 Å². The maximum absolute atomic E-state index is 10.9. The number of thiol groups is 1. The molecule has 0 aliphatic rings. The van der Waals surface area contributed by atoms with Gasteiger partial charge in [0.2, 0.25) is 5.12 Å². The van der Waals surface area contributed by atoms with Crippen LogP contribution in [-0.4, -0.2) is 15.4 Å². The Morgan fingerprint density at radius 1 is 1.55 bits per heavy atom. The van der Waals surface area contributed by atoms with Gasteiger partial charge < -0.3 is 0 Å². The monoisotopic (exact) mass is 182 g/mol. The summed E-state index contributed by atoms with van der Waals surface area (Å²) < 4.78 is 0. The van der Waals surface area contributed by atoms with E-state index in [-0.39, 0.29) is 5.12 Å². The lowest BCUT2D eigenvalue weighted by molar-refractivity contribution is 0.109. The number of aryl methyl sites for hydroxylation is 1. The molecule has 0 aliphatic carbocycles. The van der Waals surface area contributed by atoms with Gasteiger partial charge in [0.1, 0.15) is 0 Å².